The number of nitrogens with zero attached hydrogens (tertiary/aromatic N) is 5. The van der Waals surface area contributed by atoms with Crippen molar-refractivity contribution in [2.45, 2.75) is 32.0 Å². The van der Waals surface area contributed by atoms with Gasteiger partial charge in [0.05, 0.1) is 18.4 Å². The fourth-order valence-corrected chi connectivity index (χ4v) is 3.35. The number of nitrogens with one attached hydrogen (secondary N) is 1. The van der Waals surface area contributed by atoms with Crippen molar-refractivity contribution < 1.29 is 9.18 Å². The van der Waals surface area contributed by atoms with Crippen molar-refractivity contribution in [1.82, 2.24) is 19.9 Å². The van der Waals surface area contributed by atoms with E-state index in [0.29, 0.717) is 29.7 Å². The van der Waals surface area contributed by atoms with E-state index in [-0.39, 0.29) is 12.4 Å². The maximum atomic E-state index is 14.6. The third kappa shape index (κ3) is 4.94. The van der Waals surface area contributed by atoms with Crippen LogP contribution < -0.4 is 16.0 Å². The van der Waals surface area contributed by atoms with Gasteiger partial charge in [-0.2, -0.15) is 0 Å². The molecule has 0 aliphatic carbocycles. The Kier molecular flexibility index (Phi) is 5.90. The molecule has 2 heterocycles. The molecule has 27 heavy (non-hydrogen) atoms. The number of anilines is 2. The van der Waals surface area contributed by atoms with Gasteiger partial charge in [-0.3, -0.25) is 4.79 Å². The normalized spacial score (nSPS) is 15.3. The number of piperidine rings is 1. The van der Waals surface area contributed by atoms with Gasteiger partial charge in [-0.1, -0.05) is 5.21 Å². The molecule has 1 fully saturated rings. The van der Waals surface area contributed by atoms with Crippen LogP contribution in [-0.2, 0) is 17.9 Å². The summed E-state index contributed by atoms with van der Waals surface area (Å²) < 4.78 is 16.0. The van der Waals surface area contributed by atoms with Crippen LogP contribution >= 0.6 is 0 Å². The summed E-state index contributed by atoms with van der Waals surface area (Å²) in [4.78, 5) is 15.2. The lowest BCUT2D eigenvalue weighted by molar-refractivity contribution is -0.118. The molecule has 0 unspecified atom stereocenters. The summed E-state index contributed by atoms with van der Waals surface area (Å²) in [6.07, 6.45) is 3.71. The molecule has 1 aromatic carbocycles. The topological polar surface area (TPSA) is 92.3 Å². The number of rotatable bonds is 7. The van der Waals surface area contributed by atoms with E-state index in [1.807, 2.05) is 12.1 Å². The lowest BCUT2D eigenvalue weighted by atomic mass is 10.0. The van der Waals surface area contributed by atoms with Crippen molar-refractivity contribution in [1.29, 1.82) is 0 Å². The largest absolute Gasteiger partial charge is 0.379 e. The highest BCUT2D eigenvalue weighted by Crippen LogP contribution is 2.26. The number of halogens is 1. The molecule has 0 bridgehead atoms. The molecule has 0 atom stereocenters. The zero-order valence-electron chi connectivity index (χ0n) is 15.7. The minimum Gasteiger partial charge on any atom is -0.379 e. The molecule has 1 aromatic heterocycles. The molecule has 8 nitrogen and oxygen atoms in total. The van der Waals surface area contributed by atoms with Crippen LogP contribution in [0.2, 0.25) is 0 Å². The van der Waals surface area contributed by atoms with Crippen molar-refractivity contribution in [2.75, 3.05) is 37.4 Å². The van der Waals surface area contributed by atoms with Crippen molar-refractivity contribution in [2.24, 2.45) is 5.73 Å². The lowest BCUT2D eigenvalue weighted by Crippen LogP contribution is -2.42. The summed E-state index contributed by atoms with van der Waals surface area (Å²) in [6.45, 7) is 2.08. The van der Waals surface area contributed by atoms with Gasteiger partial charge in [0.25, 0.3) is 0 Å². The van der Waals surface area contributed by atoms with Crippen LogP contribution in [0, 0.1) is 5.82 Å². The van der Waals surface area contributed by atoms with Gasteiger partial charge in [0.2, 0.25) is 5.91 Å². The molecule has 9 heteroatoms. The highest BCUT2D eigenvalue weighted by Gasteiger charge is 2.22. The number of benzene rings is 1. The molecule has 1 saturated heterocycles. The van der Waals surface area contributed by atoms with Crippen LogP contribution in [0.4, 0.5) is 15.8 Å². The summed E-state index contributed by atoms with van der Waals surface area (Å²) in [5.41, 5.74) is 7.08. The van der Waals surface area contributed by atoms with Crippen molar-refractivity contribution in [3.63, 3.8) is 0 Å². The summed E-state index contributed by atoms with van der Waals surface area (Å²) in [6, 6.07) is 5.75. The van der Waals surface area contributed by atoms with E-state index in [1.54, 1.807) is 6.20 Å². The van der Waals surface area contributed by atoms with Crippen LogP contribution in [0.3, 0.4) is 0 Å². The van der Waals surface area contributed by atoms with Gasteiger partial charge in [-0.25, -0.2) is 9.07 Å². The Morgan fingerprint density at radius 1 is 1.37 bits per heavy atom. The highest BCUT2D eigenvalue weighted by atomic mass is 19.1. The van der Waals surface area contributed by atoms with Gasteiger partial charge in [-0.05, 0) is 45.1 Å². The average molecular weight is 375 g/mol. The molecular weight excluding hydrogens is 349 g/mol. The first kappa shape index (κ1) is 19.1. The Bertz CT molecular complexity index is 784. The van der Waals surface area contributed by atoms with Crippen molar-refractivity contribution >= 4 is 17.3 Å². The Morgan fingerprint density at radius 3 is 2.74 bits per heavy atom. The fraction of sp³-hybridized carbons (Fsp3) is 0.500. The zero-order chi connectivity index (χ0) is 19.4. The first-order valence-corrected chi connectivity index (χ1v) is 9.04. The Labute approximate surface area is 158 Å². The molecule has 146 valence electrons. The summed E-state index contributed by atoms with van der Waals surface area (Å²) in [5.74, 6) is -0.715. The second-order valence-corrected chi connectivity index (χ2v) is 7.08. The molecule has 1 aliphatic rings. The van der Waals surface area contributed by atoms with Gasteiger partial charge in [0.1, 0.15) is 18.1 Å². The second kappa shape index (κ2) is 8.34. The summed E-state index contributed by atoms with van der Waals surface area (Å²) >= 11 is 0. The number of hydrogen-bond donors (Lipinski definition) is 2. The van der Waals surface area contributed by atoms with Crippen molar-refractivity contribution in [3.8, 4) is 0 Å². The number of primary amides is 1. The Hall–Kier alpha value is -2.68. The van der Waals surface area contributed by atoms with Crippen LogP contribution in [-0.4, -0.2) is 59.0 Å². The fourth-order valence-electron chi connectivity index (χ4n) is 3.35. The van der Waals surface area contributed by atoms with Gasteiger partial charge in [0, 0.05) is 24.8 Å². The van der Waals surface area contributed by atoms with Gasteiger partial charge >= 0.3 is 0 Å². The first-order valence-electron chi connectivity index (χ1n) is 9.04. The first-order chi connectivity index (χ1) is 12.9. The number of carbonyl (C=O) groups is 1. The smallest absolute Gasteiger partial charge is 0.239 e. The number of aromatic nitrogens is 3. The molecule has 0 spiro atoms. The maximum absolute atomic E-state index is 14.6. The second-order valence-electron chi connectivity index (χ2n) is 7.08. The molecule has 2 aromatic rings. The number of carbonyl (C=O) groups excluding carboxylic acids is 1. The molecule has 0 radical (unpaired) electrons. The van der Waals surface area contributed by atoms with Gasteiger partial charge in [-0.15, -0.1) is 5.10 Å². The third-order valence-corrected chi connectivity index (χ3v) is 4.86. The monoisotopic (exact) mass is 375 g/mol. The number of nitrogens with two attached hydrogens (primary N) is 1. The zero-order valence-corrected chi connectivity index (χ0v) is 15.7. The van der Waals surface area contributed by atoms with Crippen LogP contribution in [0.15, 0.2) is 24.4 Å². The minimum atomic E-state index is -0.480. The van der Waals surface area contributed by atoms with E-state index in [0.717, 1.165) is 25.9 Å². The van der Waals surface area contributed by atoms with Crippen molar-refractivity contribution in [3.05, 3.63) is 35.9 Å². The highest BCUT2D eigenvalue weighted by molar-refractivity contribution is 5.73. The number of amides is 1. The average Bonchev–Trinajstić information content (AvgIpc) is 3.07. The molecule has 0 saturated carbocycles. The maximum Gasteiger partial charge on any atom is 0.239 e. The molecule has 1 amide bonds. The minimum absolute atomic E-state index is 0.0131. The molecular formula is C18H26FN7O. The lowest BCUT2D eigenvalue weighted by Gasteiger charge is -2.36. The van der Waals surface area contributed by atoms with Crippen LogP contribution in [0.1, 0.15) is 18.5 Å². The van der Waals surface area contributed by atoms with E-state index < -0.39 is 5.91 Å². The van der Waals surface area contributed by atoms with Gasteiger partial charge in [0.15, 0.2) is 0 Å². The van der Waals surface area contributed by atoms with Crippen LogP contribution in [0.5, 0.6) is 0 Å². The van der Waals surface area contributed by atoms with E-state index in [9.17, 15) is 9.18 Å². The molecule has 3 rings (SSSR count). The van der Waals surface area contributed by atoms with Gasteiger partial charge < -0.3 is 20.9 Å². The SMILES string of the molecule is CN(C)C1CCN(c2ccc(NCc3cn(CC(N)=O)nn3)cc2F)CC1. The predicted octanol–water partition coefficient (Wildman–Crippen LogP) is 1.04. The van der Waals surface area contributed by atoms with E-state index >= 15 is 0 Å². The summed E-state index contributed by atoms with van der Waals surface area (Å²) in [5, 5.41) is 10.9. The van der Waals surface area contributed by atoms with Crippen LogP contribution in [0.25, 0.3) is 0 Å². The summed E-state index contributed by atoms with van der Waals surface area (Å²) in [7, 11) is 4.18. The Balaban J connectivity index is 1.57. The number of hydrogen-bond acceptors (Lipinski definition) is 6. The van der Waals surface area contributed by atoms with E-state index in [4.69, 9.17) is 5.73 Å². The standard InChI is InChI=1S/C18H26FN7O/c1-24(2)15-5-7-25(8-6-15)17-4-3-13(9-16(17)19)21-10-14-11-26(23-22-14)12-18(20)27/h3-4,9,11,15,21H,5-8,10,12H2,1-2H3,(H2,20,27). The van der Waals surface area contributed by atoms with E-state index in [2.05, 4.69) is 39.5 Å². The molecule has 1 aliphatic heterocycles. The van der Waals surface area contributed by atoms with E-state index in [1.165, 1.54) is 10.7 Å². The molecule has 3 N–H and O–H groups in total. The quantitative estimate of drug-likeness (QED) is 0.751. The Morgan fingerprint density at radius 2 is 2.11 bits per heavy atom. The third-order valence-electron chi connectivity index (χ3n) is 4.86. The predicted molar refractivity (Wildman–Crippen MR) is 102 cm³/mol.